The van der Waals surface area contributed by atoms with Crippen LogP contribution in [0.3, 0.4) is 0 Å². The monoisotopic (exact) mass is 221 g/mol. The fourth-order valence-corrected chi connectivity index (χ4v) is 2.63. The summed E-state index contributed by atoms with van der Waals surface area (Å²) in [4.78, 5) is 0. The van der Waals surface area contributed by atoms with E-state index in [0.717, 1.165) is 30.6 Å². The van der Waals surface area contributed by atoms with E-state index in [2.05, 4.69) is 11.4 Å². The topological polar surface area (TPSA) is 21.3 Å². The Morgan fingerprint density at radius 3 is 3.19 bits per heavy atom. The van der Waals surface area contributed by atoms with Gasteiger partial charge in [0.25, 0.3) is 0 Å². The number of ether oxygens (including phenoxy) is 1. The summed E-state index contributed by atoms with van der Waals surface area (Å²) in [5, 5.41) is 3.29. The lowest BCUT2D eigenvalue weighted by Crippen LogP contribution is -2.10. The highest BCUT2D eigenvalue weighted by Gasteiger charge is 2.30. The molecule has 2 nitrogen and oxygen atoms in total. The molecule has 1 saturated heterocycles. The van der Waals surface area contributed by atoms with Crippen molar-refractivity contribution in [3.63, 3.8) is 0 Å². The first-order valence-corrected chi connectivity index (χ1v) is 5.94. The SMILES string of the molecule is FC(c1cccc2c1NCC2)C1CCOC1. The first-order chi connectivity index (χ1) is 7.86. The van der Waals surface area contributed by atoms with Crippen LogP contribution in [0.25, 0.3) is 0 Å². The van der Waals surface area contributed by atoms with Gasteiger partial charge in [-0.2, -0.15) is 0 Å². The standard InChI is InChI=1S/C13H16FNO/c14-12(10-5-7-16-8-10)11-3-1-2-9-4-6-15-13(9)11/h1-3,10,12,15H,4-8H2. The van der Waals surface area contributed by atoms with Crippen molar-refractivity contribution in [1.82, 2.24) is 0 Å². The highest BCUT2D eigenvalue weighted by Crippen LogP contribution is 2.38. The zero-order valence-corrected chi connectivity index (χ0v) is 9.21. The predicted octanol–water partition coefficient (Wildman–Crippen LogP) is 2.70. The van der Waals surface area contributed by atoms with Crippen LogP contribution in [0.2, 0.25) is 0 Å². The highest BCUT2D eigenvalue weighted by atomic mass is 19.1. The molecule has 16 heavy (non-hydrogen) atoms. The molecule has 1 aromatic rings. The molecule has 1 fully saturated rings. The number of fused-ring (bicyclic) bond motifs is 1. The van der Waals surface area contributed by atoms with Gasteiger partial charge in [-0.05, 0) is 18.4 Å². The molecule has 0 spiro atoms. The van der Waals surface area contributed by atoms with Gasteiger partial charge in [-0.3, -0.25) is 0 Å². The molecular weight excluding hydrogens is 205 g/mol. The molecule has 3 rings (SSSR count). The molecule has 2 heterocycles. The summed E-state index contributed by atoms with van der Waals surface area (Å²) in [6.07, 6.45) is 0.963. The average Bonchev–Trinajstić information content (AvgIpc) is 2.98. The third-order valence-electron chi connectivity index (χ3n) is 3.55. The molecule has 1 N–H and O–H groups in total. The second-order valence-corrected chi connectivity index (χ2v) is 4.58. The largest absolute Gasteiger partial charge is 0.384 e. The minimum absolute atomic E-state index is 0.0360. The van der Waals surface area contributed by atoms with E-state index in [0.29, 0.717) is 13.2 Å². The normalized spacial score (nSPS) is 25.2. The van der Waals surface area contributed by atoms with E-state index in [1.807, 2.05) is 12.1 Å². The van der Waals surface area contributed by atoms with E-state index in [4.69, 9.17) is 4.74 Å². The maximum absolute atomic E-state index is 14.4. The third-order valence-corrected chi connectivity index (χ3v) is 3.55. The van der Waals surface area contributed by atoms with Crippen molar-refractivity contribution >= 4 is 5.69 Å². The van der Waals surface area contributed by atoms with Crippen LogP contribution >= 0.6 is 0 Å². The Labute approximate surface area is 94.8 Å². The van der Waals surface area contributed by atoms with Crippen LogP contribution in [-0.4, -0.2) is 19.8 Å². The Bertz CT molecular complexity index is 388. The first kappa shape index (κ1) is 10.1. The Morgan fingerprint density at radius 1 is 1.44 bits per heavy atom. The van der Waals surface area contributed by atoms with Gasteiger partial charge in [0.1, 0.15) is 6.17 Å². The molecule has 3 heteroatoms. The number of benzene rings is 1. The summed E-state index contributed by atoms with van der Waals surface area (Å²) < 4.78 is 19.6. The van der Waals surface area contributed by atoms with Crippen LogP contribution < -0.4 is 5.32 Å². The fourth-order valence-electron chi connectivity index (χ4n) is 2.63. The van der Waals surface area contributed by atoms with Gasteiger partial charge in [-0.15, -0.1) is 0 Å². The highest BCUT2D eigenvalue weighted by molar-refractivity contribution is 5.62. The summed E-state index contributed by atoms with van der Waals surface area (Å²) in [7, 11) is 0. The maximum atomic E-state index is 14.4. The molecule has 0 saturated carbocycles. The number of hydrogen-bond acceptors (Lipinski definition) is 2. The van der Waals surface area contributed by atoms with Gasteiger partial charge in [-0.1, -0.05) is 18.2 Å². The molecule has 1 aromatic carbocycles. The van der Waals surface area contributed by atoms with Crippen LogP contribution in [0.1, 0.15) is 23.7 Å². The second kappa shape index (κ2) is 4.06. The molecule has 0 bridgehead atoms. The first-order valence-electron chi connectivity index (χ1n) is 5.94. The summed E-state index contributed by atoms with van der Waals surface area (Å²) in [5.41, 5.74) is 3.10. The fraction of sp³-hybridized carbons (Fsp3) is 0.538. The van der Waals surface area contributed by atoms with E-state index in [1.54, 1.807) is 0 Å². The Morgan fingerprint density at radius 2 is 2.38 bits per heavy atom. The van der Waals surface area contributed by atoms with Gasteiger partial charge in [0.15, 0.2) is 0 Å². The van der Waals surface area contributed by atoms with Crippen molar-refractivity contribution in [2.24, 2.45) is 5.92 Å². The number of halogens is 1. The molecule has 0 amide bonds. The number of anilines is 1. The summed E-state index contributed by atoms with van der Waals surface area (Å²) >= 11 is 0. The van der Waals surface area contributed by atoms with E-state index >= 15 is 0 Å². The second-order valence-electron chi connectivity index (χ2n) is 4.58. The number of nitrogens with one attached hydrogen (secondary N) is 1. The molecule has 2 aliphatic heterocycles. The summed E-state index contributed by atoms with van der Waals surface area (Å²) in [6.45, 7) is 2.19. The molecular formula is C13H16FNO. The maximum Gasteiger partial charge on any atom is 0.132 e. The Balaban J connectivity index is 1.91. The van der Waals surface area contributed by atoms with Gasteiger partial charge in [0, 0.05) is 30.3 Å². The Hall–Kier alpha value is -1.09. The van der Waals surface area contributed by atoms with Gasteiger partial charge in [0.2, 0.25) is 0 Å². The zero-order valence-electron chi connectivity index (χ0n) is 9.21. The summed E-state index contributed by atoms with van der Waals surface area (Å²) in [6, 6.07) is 5.94. The molecule has 0 radical (unpaired) electrons. The van der Waals surface area contributed by atoms with E-state index < -0.39 is 6.17 Å². The minimum atomic E-state index is -0.886. The van der Waals surface area contributed by atoms with Crippen LogP contribution in [0.4, 0.5) is 10.1 Å². The van der Waals surface area contributed by atoms with Gasteiger partial charge < -0.3 is 10.1 Å². The van der Waals surface area contributed by atoms with E-state index in [1.165, 1.54) is 5.56 Å². The number of rotatable bonds is 2. The van der Waals surface area contributed by atoms with E-state index in [-0.39, 0.29) is 5.92 Å². The molecule has 2 unspecified atom stereocenters. The number of para-hydroxylation sites is 1. The lowest BCUT2D eigenvalue weighted by molar-refractivity contribution is 0.155. The van der Waals surface area contributed by atoms with Crippen molar-refractivity contribution in [2.75, 3.05) is 25.1 Å². The predicted molar refractivity (Wildman–Crippen MR) is 61.4 cm³/mol. The van der Waals surface area contributed by atoms with Crippen LogP contribution in [0.15, 0.2) is 18.2 Å². The van der Waals surface area contributed by atoms with Gasteiger partial charge in [-0.25, -0.2) is 4.39 Å². The smallest absolute Gasteiger partial charge is 0.132 e. The summed E-state index contributed by atoms with van der Waals surface area (Å²) in [5.74, 6) is 0.0360. The third kappa shape index (κ3) is 1.59. The Kier molecular flexibility index (Phi) is 2.56. The van der Waals surface area contributed by atoms with Crippen molar-refractivity contribution in [3.8, 4) is 0 Å². The minimum Gasteiger partial charge on any atom is -0.384 e. The van der Waals surface area contributed by atoms with Crippen molar-refractivity contribution < 1.29 is 9.13 Å². The van der Waals surface area contributed by atoms with Crippen molar-refractivity contribution in [3.05, 3.63) is 29.3 Å². The quantitative estimate of drug-likeness (QED) is 0.829. The van der Waals surface area contributed by atoms with Crippen LogP contribution in [0, 0.1) is 5.92 Å². The van der Waals surface area contributed by atoms with E-state index in [9.17, 15) is 4.39 Å². The lowest BCUT2D eigenvalue weighted by atomic mass is 9.94. The van der Waals surface area contributed by atoms with Crippen LogP contribution in [0.5, 0.6) is 0 Å². The molecule has 2 aliphatic rings. The average molecular weight is 221 g/mol. The molecule has 0 aromatic heterocycles. The molecule has 0 aliphatic carbocycles. The van der Waals surface area contributed by atoms with Gasteiger partial charge in [0.05, 0.1) is 6.61 Å². The van der Waals surface area contributed by atoms with Gasteiger partial charge >= 0.3 is 0 Å². The zero-order chi connectivity index (χ0) is 11.0. The molecule has 86 valence electrons. The van der Waals surface area contributed by atoms with Crippen molar-refractivity contribution in [2.45, 2.75) is 19.0 Å². The lowest BCUT2D eigenvalue weighted by Gasteiger charge is -2.17. The van der Waals surface area contributed by atoms with Crippen molar-refractivity contribution in [1.29, 1.82) is 0 Å². The number of hydrogen-bond donors (Lipinski definition) is 1. The molecule has 2 atom stereocenters. The number of alkyl halides is 1. The van der Waals surface area contributed by atoms with Crippen LogP contribution in [-0.2, 0) is 11.2 Å².